The normalized spacial score (nSPS) is 26.2. The molecule has 2 aliphatic heterocycles. The van der Waals surface area contributed by atoms with Crippen molar-refractivity contribution in [1.29, 1.82) is 0 Å². The van der Waals surface area contributed by atoms with Gasteiger partial charge >= 0.3 is 0 Å². The third-order valence-electron chi connectivity index (χ3n) is 3.95. The lowest BCUT2D eigenvalue weighted by molar-refractivity contribution is 0.213. The number of hydrogen-bond acceptors (Lipinski definition) is 2. The first-order chi connectivity index (χ1) is 9.33. The number of ether oxygens (including phenoxy) is 1. The summed E-state index contributed by atoms with van der Waals surface area (Å²) < 4.78 is 6.13. The summed E-state index contributed by atoms with van der Waals surface area (Å²) >= 11 is 0. The summed E-state index contributed by atoms with van der Waals surface area (Å²) in [5.41, 5.74) is 4.12. The summed E-state index contributed by atoms with van der Waals surface area (Å²) in [6, 6.07) is 8.82. The fraction of sp³-hybridized carbons (Fsp3) is 0.412. The number of fused-ring (bicyclic) bond motifs is 2. The first-order valence-corrected chi connectivity index (χ1v) is 7.24. The lowest BCUT2D eigenvalue weighted by Gasteiger charge is -2.40. The molecule has 2 atom stereocenters. The SMILES string of the molecule is CC.CC1=CC2Oc3ccccc3N3CCC(=C1)C23. The summed E-state index contributed by atoms with van der Waals surface area (Å²) in [7, 11) is 0. The van der Waals surface area contributed by atoms with Crippen molar-refractivity contribution in [3.63, 3.8) is 0 Å². The molecule has 1 aliphatic carbocycles. The fourth-order valence-electron chi connectivity index (χ4n) is 3.28. The first kappa shape index (κ1) is 12.3. The topological polar surface area (TPSA) is 12.5 Å². The molecule has 19 heavy (non-hydrogen) atoms. The molecule has 0 spiro atoms. The Morgan fingerprint density at radius 1 is 1.21 bits per heavy atom. The van der Waals surface area contributed by atoms with Gasteiger partial charge in [0.2, 0.25) is 0 Å². The number of hydrogen-bond donors (Lipinski definition) is 0. The Hall–Kier alpha value is -1.70. The Kier molecular flexibility index (Phi) is 3.09. The minimum absolute atomic E-state index is 0.201. The molecular weight excluding hydrogens is 234 g/mol. The predicted molar refractivity (Wildman–Crippen MR) is 79.8 cm³/mol. The molecule has 2 unspecified atom stereocenters. The molecule has 0 N–H and O–H groups in total. The highest BCUT2D eigenvalue weighted by Gasteiger charge is 2.42. The number of rotatable bonds is 0. The Labute approximate surface area is 115 Å². The van der Waals surface area contributed by atoms with Gasteiger partial charge in [-0.1, -0.05) is 37.6 Å². The van der Waals surface area contributed by atoms with Crippen molar-refractivity contribution in [2.75, 3.05) is 11.4 Å². The van der Waals surface area contributed by atoms with Crippen molar-refractivity contribution in [2.24, 2.45) is 0 Å². The molecule has 1 aromatic carbocycles. The van der Waals surface area contributed by atoms with Crippen LogP contribution in [0.5, 0.6) is 5.75 Å². The van der Waals surface area contributed by atoms with Gasteiger partial charge in [-0.2, -0.15) is 0 Å². The van der Waals surface area contributed by atoms with Crippen LogP contribution < -0.4 is 9.64 Å². The standard InChI is InChI=1S/C15H15NO.C2H6/c1-10-8-11-6-7-16-12-4-2-3-5-13(12)17-14(9-10)15(11)16;1-2/h2-5,8-9,14-15H,6-7H2,1H3;1-2H3. The molecule has 3 aliphatic rings. The Morgan fingerprint density at radius 3 is 2.84 bits per heavy atom. The number of anilines is 1. The van der Waals surface area contributed by atoms with Crippen LogP contribution in [0.15, 0.2) is 47.6 Å². The van der Waals surface area contributed by atoms with E-state index in [0.29, 0.717) is 6.04 Å². The van der Waals surface area contributed by atoms with Crippen LogP contribution in [-0.4, -0.2) is 18.7 Å². The lowest BCUT2D eigenvalue weighted by atomic mass is 9.92. The van der Waals surface area contributed by atoms with Crippen LogP contribution in [-0.2, 0) is 0 Å². The molecule has 2 nitrogen and oxygen atoms in total. The van der Waals surface area contributed by atoms with Gasteiger partial charge in [-0.3, -0.25) is 0 Å². The third kappa shape index (κ3) is 1.86. The second-order valence-corrected chi connectivity index (χ2v) is 5.07. The average molecular weight is 255 g/mol. The average Bonchev–Trinajstić information content (AvgIpc) is 2.86. The number of benzene rings is 1. The largest absolute Gasteiger partial charge is 0.482 e. The Balaban J connectivity index is 0.000000528. The molecule has 0 amide bonds. The van der Waals surface area contributed by atoms with Gasteiger partial charge in [-0.15, -0.1) is 0 Å². The second-order valence-electron chi connectivity index (χ2n) is 5.07. The zero-order valence-corrected chi connectivity index (χ0v) is 11.9. The quantitative estimate of drug-likeness (QED) is 0.696. The molecule has 0 saturated carbocycles. The maximum Gasteiger partial charge on any atom is 0.143 e. The van der Waals surface area contributed by atoms with E-state index in [-0.39, 0.29) is 6.10 Å². The van der Waals surface area contributed by atoms with Crippen LogP contribution in [0, 0.1) is 0 Å². The maximum absolute atomic E-state index is 6.13. The molecule has 4 rings (SSSR count). The summed E-state index contributed by atoms with van der Waals surface area (Å²) in [6.45, 7) is 7.28. The second kappa shape index (κ2) is 4.76. The van der Waals surface area contributed by atoms with Crippen molar-refractivity contribution in [3.05, 3.63) is 47.6 Å². The zero-order valence-electron chi connectivity index (χ0n) is 11.9. The minimum atomic E-state index is 0.201. The van der Waals surface area contributed by atoms with Crippen LogP contribution in [0.2, 0.25) is 0 Å². The summed E-state index contributed by atoms with van der Waals surface area (Å²) in [4.78, 5) is 2.50. The van der Waals surface area contributed by atoms with Crippen molar-refractivity contribution in [2.45, 2.75) is 39.3 Å². The van der Waals surface area contributed by atoms with E-state index in [2.05, 4.69) is 42.2 Å². The van der Waals surface area contributed by atoms with Crippen LogP contribution in [0.3, 0.4) is 0 Å². The molecule has 1 fully saturated rings. The number of allylic oxidation sites excluding steroid dienone is 2. The molecule has 0 radical (unpaired) electrons. The van der Waals surface area contributed by atoms with E-state index >= 15 is 0 Å². The molecule has 1 aromatic rings. The zero-order chi connectivity index (χ0) is 13.4. The van der Waals surface area contributed by atoms with E-state index in [1.54, 1.807) is 0 Å². The highest BCUT2D eigenvalue weighted by Crippen LogP contribution is 2.44. The van der Waals surface area contributed by atoms with Crippen LogP contribution >= 0.6 is 0 Å². The van der Waals surface area contributed by atoms with E-state index in [4.69, 9.17) is 4.74 Å². The van der Waals surface area contributed by atoms with Gasteiger partial charge in [0.25, 0.3) is 0 Å². The smallest absolute Gasteiger partial charge is 0.143 e. The molecule has 0 bridgehead atoms. The summed E-state index contributed by atoms with van der Waals surface area (Å²) in [6.07, 6.45) is 5.96. The van der Waals surface area contributed by atoms with Crippen molar-refractivity contribution >= 4 is 5.69 Å². The van der Waals surface area contributed by atoms with Gasteiger partial charge in [-0.05, 0) is 37.1 Å². The van der Waals surface area contributed by atoms with Crippen molar-refractivity contribution in [3.8, 4) is 5.75 Å². The van der Waals surface area contributed by atoms with Gasteiger partial charge in [0.05, 0.1) is 11.7 Å². The van der Waals surface area contributed by atoms with E-state index in [0.717, 1.165) is 12.3 Å². The summed E-state index contributed by atoms with van der Waals surface area (Å²) in [5.74, 6) is 1.03. The first-order valence-electron chi connectivity index (χ1n) is 7.24. The van der Waals surface area contributed by atoms with Gasteiger partial charge in [0, 0.05) is 6.54 Å². The number of para-hydroxylation sites is 2. The van der Waals surface area contributed by atoms with E-state index in [9.17, 15) is 0 Å². The predicted octanol–water partition coefficient (Wildman–Crippen LogP) is 3.94. The van der Waals surface area contributed by atoms with Gasteiger partial charge in [0.1, 0.15) is 11.9 Å². The molecular formula is C17H21NO. The fourth-order valence-corrected chi connectivity index (χ4v) is 3.28. The van der Waals surface area contributed by atoms with E-state index < -0.39 is 0 Å². The molecule has 100 valence electrons. The van der Waals surface area contributed by atoms with Crippen molar-refractivity contribution in [1.82, 2.24) is 0 Å². The van der Waals surface area contributed by atoms with Crippen LogP contribution in [0.25, 0.3) is 0 Å². The van der Waals surface area contributed by atoms with Gasteiger partial charge in [-0.25, -0.2) is 0 Å². The third-order valence-corrected chi connectivity index (χ3v) is 3.95. The molecule has 1 saturated heterocycles. The Morgan fingerprint density at radius 2 is 2.00 bits per heavy atom. The Bertz CT molecular complexity index is 544. The van der Waals surface area contributed by atoms with Gasteiger partial charge in [0.15, 0.2) is 0 Å². The molecule has 0 aromatic heterocycles. The summed E-state index contributed by atoms with van der Waals surface area (Å²) in [5, 5.41) is 0. The maximum atomic E-state index is 6.13. The van der Waals surface area contributed by atoms with Crippen LogP contribution in [0.1, 0.15) is 27.2 Å². The van der Waals surface area contributed by atoms with E-state index in [1.165, 1.54) is 23.3 Å². The molecule has 2 heteroatoms. The highest BCUT2D eigenvalue weighted by atomic mass is 16.5. The highest BCUT2D eigenvalue weighted by molar-refractivity contribution is 5.65. The van der Waals surface area contributed by atoms with Crippen molar-refractivity contribution < 1.29 is 4.74 Å². The molecule has 2 heterocycles. The van der Waals surface area contributed by atoms with E-state index in [1.807, 2.05) is 19.9 Å². The number of nitrogens with zero attached hydrogens (tertiary/aromatic N) is 1. The monoisotopic (exact) mass is 255 g/mol. The van der Waals surface area contributed by atoms with Gasteiger partial charge < -0.3 is 9.64 Å². The minimum Gasteiger partial charge on any atom is -0.482 e. The lowest BCUT2D eigenvalue weighted by Crippen LogP contribution is -2.46. The van der Waals surface area contributed by atoms with Crippen LogP contribution in [0.4, 0.5) is 5.69 Å².